The second-order valence-electron chi connectivity index (χ2n) is 2.44. The monoisotopic (exact) mass is 514 g/mol. The van der Waals surface area contributed by atoms with Gasteiger partial charge in [-0.3, -0.25) is 4.79 Å². The lowest BCUT2D eigenvalue weighted by Crippen LogP contribution is -2.01. The molecule has 0 aliphatic heterocycles. The number of carboxylic acid groups (broad SMARTS) is 1. The average Bonchev–Trinajstić information content (AvgIpc) is 1.98. The maximum atomic E-state index is 10.5. The van der Waals surface area contributed by atoms with Gasteiger partial charge in [0, 0.05) is 10.7 Å². The predicted octanol–water partition coefficient (Wildman–Crippen LogP) is 3.13. The van der Waals surface area contributed by atoms with Gasteiger partial charge in [0.15, 0.2) is 0 Å². The lowest BCUT2D eigenvalue weighted by molar-refractivity contribution is -0.136. The van der Waals surface area contributed by atoms with Crippen molar-refractivity contribution in [3.63, 3.8) is 0 Å². The average molecular weight is 514 g/mol. The third-order valence-corrected chi connectivity index (χ3v) is 6.33. The van der Waals surface area contributed by atoms with Crippen LogP contribution in [0.15, 0.2) is 12.1 Å². The molecule has 0 aliphatic carbocycles. The zero-order valence-electron chi connectivity index (χ0n) is 6.35. The molecule has 1 aromatic carbocycles. The quantitative estimate of drug-likeness (QED) is 0.487. The summed E-state index contributed by atoms with van der Waals surface area (Å²) >= 11 is 6.69. The fourth-order valence-electron chi connectivity index (χ4n) is 0.885. The van der Waals surface area contributed by atoms with Gasteiger partial charge in [-0.1, -0.05) is 0 Å². The van der Waals surface area contributed by atoms with Gasteiger partial charge in [-0.15, -0.1) is 0 Å². The van der Waals surface area contributed by atoms with Crippen LogP contribution in [0.25, 0.3) is 0 Å². The summed E-state index contributed by atoms with van der Waals surface area (Å²) in [6.07, 6.45) is 0.100. The van der Waals surface area contributed by atoms with Gasteiger partial charge >= 0.3 is 5.97 Å². The van der Waals surface area contributed by atoms with E-state index < -0.39 is 5.97 Å². The third kappa shape index (κ3) is 3.50. The van der Waals surface area contributed by atoms with E-state index in [-0.39, 0.29) is 6.42 Å². The summed E-state index contributed by atoms with van der Waals surface area (Å²) in [7, 11) is 0. The van der Waals surface area contributed by atoms with Gasteiger partial charge in [0.1, 0.15) is 0 Å². The summed E-state index contributed by atoms with van der Waals surface area (Å²) in [4.78, 5) is 10.5. The molecule has 13 heavy (non-hydrogen) atoms. The smallest absolute Gasteiger partial charge is 0.307 e. The number of carbonyl (C=O) groups is 1. The van der Waals surface area contributed by atoms with Gasteiger partial charge in [0.2, 0.25) is 0 Å². The van der Waals surface area contributed by atoms with E-state index in [1.807, 2.05) is 12.1 Å². The van der Waals surface area contributed by atoms with Crippen molar-refractivity contribution in [3.8, 4) is 0 Å². The van der Waals surface area contributed by atoms with Gasteiger partial charge in [-0.25, -0.2) is 0 Å². The predicted molar refractivity (Wildman–Crippen MR) is 75.9 cm³/mol. The Balaban J connectivity index is 3.06. The Kier molecular flexibility index (Phi) is 4.69. The Morgan fingerprint density at radius 1 is 1.23 bits per heavy atom. The first-order chi connectivity index (χ1) is 6.00. The molecule has 1 aromatic rings. The van der Waals surface area contributed by atoms with Crippen LogP contribution in [0.1, 0.15) is 5.56 Å². The van der Waals surface area contributed by atoms with E-state index >= 15 is 0 Å². The molecule has 70 valence electrons. The van der Waals surface area contributed by atoms with Crippen LogP contribution in [0.2, 0.25) is 0 Å². The summed E-state index contributed by atoms with van der Waals surface area (Å²) in [5.74, 6) is -0.784. The molecule has 0 atom stereocenters. The molecule has 0 saturated heterocycles. The lowest BCUT2D eigenvalue weighted by atomic mass is 10.2. The fourth-order valence-corrected chi connectivity index (χ4v) is 3.09. The first-order valence-electron chi connectivity index (χ1n) is 3.36. The van der Waals surface area contributed by atoms with Crippen molar-refractivity contribution in [1.82, 2.24) is 0 Å². The molecule has 1 rings (SSSR count). The number of aliphatic carboxylic acids is 1. The van der Waals surface area contributed by atoms with Crippen LogP contribution in [-0.4, -0.2) is 11.1 Å². The van der Waals surface area contributed by atoms with E-state index in [0.717, 1.165) is 12.7 Å². The van der Waals surface area contributed by atoms with Gasteiger partial charge in [0.25, 0.3) is 0 Å². The van der Waals surface area contributed by atoms with Crippen LogP contribution < -0.4 is 0 Å². The van der Waals surface area contributed by atoms with E-state index in [9.17, 15) is 4.79 Å². The van der Waals surface area contributed by atoms with Crippen LogP contribution in [0.5, 0.6) is 0 Å². The van der Waals surface area contributed by atoms with E-state index in [2.05, 4.69) is 67.8 Å². The van der Waals surface area contributed by atoms with Gasteiger partial charge in [0.05, 0.1) is 6.42 Å². The van der Waals surface area contributed by atoms with Crippen molar-refractivity contribution >= 4 is 73.7 Å². The van der Waals surface area contributed by atoms with E-state index in [4.69, 9.17) is 5.11 Å². The minimum atomic E-state index is -0.784. The lowest BCUT2D eigenvalue weighted by Gasteiger charge is -2.03. The topological polar surface area (TPSA) is 37.3 Å². The molecule has 0 radical (unpaired) electrons. The maximum absolute atomic E-state index is 10.5. The molecular weight excluding hydrogens is 509 g/mol. The highest BCUT2D eigenvalue weighted by atomic mass is 127. The molecule has 0 saturated carbocycles. The maximum Gasteiger partial charge on any atom is 0.307 e. The zero-order valence-corrected chi connectivity index (χ0v) is 12.8. The Labute approximate surface area is 117 Å². The molecule has 0 aromatic heterocycles. The Bertz CT molecular complexity index is 326. The highest BCUT2D eigenvalue weighted by Crippen LogP contribution is 2.23. The molecule has 0 spiro atoms. The molecule has 5 heteroatoms. The molecule has 0 aliphatic rings. The number of rotatable bonds is 2. The standard InChI is InChI=1S/C8H5I3O2/c9-5-1-4(3-7(12)13)2-6(10)8(5)11/h1-2H,3H2,(H,12,13). The Hall–Kier alpha value is 0.880. The van der Waals surface area contributed by atoms with Crippen LogP contribution in [0.3, 0.4) is 0 Å². The molecule has 0 unspecified atom stereocenters. The molecular formula is C8H5I3O2. The molecule has 1 N–H and O–H groups in total. The second kappa shape index (κ2) is 5.10. The van der Waals surface area contributed by atoms with Crippen molar-refractivity contribution in [2.75, 3.05) is 0 Å². The van der Waals surface area contributed by atoms with Crippen molar-refractivity contribution in [2.24, 2.45) is 0 Å². The van der Waals surface area contributed by atoms with Crippen LogP contribution in [0, 0.1) is 10.7 Å². The summed E-state index contributed by atoms with van der Waals surface area (Å²) in [5, 5.41) is 8.61. The highest BCUT2D eigenvalue weighted by molar-refractivity contribution is 14.1. The molecule has 2 nitrogen and oxygen atoms in total. The zero-order chi connectivity index (χ0) is 10.0. The normalized spacial score (nSPS) is 10.1. The van der Waals surface area contributed by atoms with Gasteiger partial charge < -0.3 is 5.11 Å². The number of benzene rings is 1. The summed E-state index contributed by atoms with van der Waals surface area (Å²) in [6.45, 7) is 0. The summed E-state index contributed by atoms with van der Waals surface area (Å²) in [5.41, 5.74) is 0.863. The van der Waals surface area contributed by atoms with Crippen molar-refractivity contribution in [3.05, 3.63) is 28.4 Å². The Morgan fingerprint density at radius 3 is 2.08 bits per heavy atom. The van der Waals surface area contributed by atoms with Gasteiger partial charge in [-0.05, 0) is 85.5 Å². The number of hydrogen-bond donors (Lipinski definition) is 1. The second-order valence-corrected chi connectivity index (χ2v) is 5.85. The minimum Gasteiger partial charge on any atom is -0.481 e. The van der Waals surface area contributed by atoms with Crippen LogP contribution in [-0.2, 0) is 11.2 Å². The highest BCUT2D eigenvalue weighted by Gasteiger charge is 2.06. The first kappa shape index (κ1) is 12.0. The van der Waals surface area contributed by atoms with Gasteiger partial charge in [-0.2, -0.15) is 0 Å². The minimum absolute atomic E-state index is 0.100. The number of carboxylic acids is 1. The number of halogens is 3. The summed E-state index contributed by atoms with van der Waals surface area (Å²) in [6, 6.07) is 3.83. The molecule has 0 heterocycles. The fraction of sp³-hybridized carbons (Fsp3) is 0.125. The molecule has 0 bridgehead atoms. The van der Waals surface area contributed by atoms with Crippen molar-refractivity contribution < 1.29 is 9.90 Å². The number of hydrogen-bond acceptors (Lipinski definition) is 1. The summed E-state index contributed by atoms with van der Waals surface area (Å²) < 4.78 is 3.41. The Morgan fingerprint density at radius 2 is 1.69 bits per heavy atom. The largest absolute Gasteiger partial charge is 0.481 e. The van der Waals surface area contributed by atoms with Crippen LogP contribution >= 0.6 is 67.8 Å². The molecule has 0 amide bonds. The van der Waals surface area contributed by atoms with E-state index in [1.165, 1.54) is 3.57 Å². The first-order valence-corrected chi connectivity index (χ1v) is 6.59. The van der Waals surface area contributed by atoms with E-state index in [1.54, 1.807) is 0 Å². The SMILES string of the molecule is O=C(O)Cc1cc(I)c(I)c(I)c1. The third-order valence-electron chi connectivity index (χ3n) is 1.40. The van der Waals surface area contributed by atoms with Crippen molar-refractivity contribution in [2.45, 2.75) is 6.42 Å². The van der Waals surface area contributed by atoms with E-state index in [0.29, 0.717) is 0 Å². The molecule has 0 fully saturated rings. The van der Waals surface area contributed by atoms with Crippen molar-refractivity contribution in [1.29, 1.82) is 0 Å². The van der Waals surface area contributed by atoms with Crippen LogP contribution in [0.4, 0.5) is 0 Å².